The van der Waals surface area contributed by atoms with Gasteiger partial charge in [0, 0.05) is 18.2 Å². The third kappa shape index (κ3) is 4.12. The van der Waals surface area contributed by atoms with E-state index in [1.54, 1.807) is 19.2 Å². The van der Waals surface area contributed by atoms with E-state index in [9.17, 15) is 5.11 Å². The van der Waals surface area contributed by atoms with Crippen molar-refractivity contribution < 1.29 is 9.84 Å². The molecule has 3 N–H and O–H groups in total. The number of benzene rings is 1. The van der Waals surface area contributed by atoms with Crippen molar-refractivity contribution in [1.29, 1.82) is 0 Å². The van der Waals surface area contributed by atoms with Gasteiger partial charge in [-0.15, -0.1) is 0 Å². The second kappa shape index (κ2) is 6.95. The monoisotopic (exact) mass is 280 g/mol. The lowest BCUT2D eigenvalue weighted by atomic mass is 9.91. The molecule has 0 heterocycles. The average Bonchev–Trinajstić information content (AvgIpc) is 2.44. The van der Waals surface area contributed by atoms with Crippen molar-refractivity contribution in [2.75, 3.05) is 26.7 Å². The molecular weight excluding hydrogens is 252 g/mol. The Morgan fingerprint density at radius 3 is 2.55 bits per heavy atom. The van der Waals surface area contributed by atoms with Crippen LogP contribution in [0.25, 0.3) is 0 Å². The van der Waals surface area contributed by atoms with Gasteiger partial charge in [-0.05, 0) is 43.6 Å². The fraction of sp³-hybridized carbons (Fsp3) is 0.625. The molecule has 1 aromatic rings. The van der Waals surface area contributed by atoms with Crippen LogP contribution in [0, 0.1) is 5.41 Å². The van der Waals surface area contributed by atoms with Crippen molar-refractivity contribution >= 4 is 0 Å². The predicted octanol–water partition coefficient (Wildman–Crippen LogP) is 2.77. The summed E-state index contributed by atoms with van der Waals surface area (Å²) in [5, 5.41) is 10.1. The van der Waals surface area contributed by atoms with Crippen molar-refractivity contribution in [3.05, 3.63) is 23.8 Å². The summed E-state index contributed by atoms with van der Waals surface area (Å²) in [6.07, 6.45) is 0. The van der Waals surface area contributed by atoms with Crippen LogP contribution in [0.4, 0.5) is 0 Å². The van der Waals surface area contributed by atoms with Crippen LogP contribution < -0.4 is 10.5 Å². The summed E-state index contributed by atoms with van der Waals surface area (Å²) >= 11 is 0. The molecule has 0 aliphatic rings. The Bertz CT molecular complexity index is 432. The highest BCUT2D eigenvalue weighted by molar-refractivity contribution is 5.41. The molecule has 1 atom stereocenters. The highest BCUT2D eigenvalue weighted by Crippen LogP contribution is 2.33. The molecule has 114 valence electrons. The minimum atomic E-state index is 0.0543. The smallest absolute Gasteiger partial charge is 0.120 e. The normalized spacial score (nSPS) is 13.6. The lowest BCUT2D eigenvalue weighted by Crippen LogP contribution is -2.40. The number of phenols is 1. The van der Waals surface area contributed by atoms with Gasteiger partial charge in [0.2, 0.25) is 0 Å². The van der Waals surface area contributed by atoms with E-state index in [0.717, 1.165) is 24.4 Å². The van der Waals surface area contributed by atoms with Gasteiger partial charge in [-0.25, -0.2) is 0 Å². The Hall–Kier alpha value is -1.26. The highest BCUT2D eigenvalue weighted by atomic mass is 16.5. The first-order chi connectivity index (χ1) is 9.34. The molecule has 0 aliphatic heterocycles. The van der Waals surface area contributed by atoms with Gasteiger partial charge in [0.1, 0.15) is 11.5 Å². The average molecular weight is 280 g/mol. The topological polar surface area (TPSA) is 58.7 Å². The maximum atomic E-state index is 10.1. The number of nitrogens with zero attached hydrogens (tertiary/aromatic N) is 1. The molecule has 1 aromatic carbocycles. The Morgan fingerprint density at radius 1 is 1.40 bits per heavy atom. The van der Waals surface area contributed by atoms with E-state index >= 15 is 0 Å². The lowest BCUT2D eigenvalue weighted by molar-refractivity contribution is 0.146. The fourth-order valence-corrected chi connectivity index (χ4v) is 2.33. The van der Waals surface area contributed by atoms with Gasteiger partial charge in [-0.1, -0.05) is 20.8 Å². The van der Waals surface area contributed by atoms with Crippen LogP contribution in [0.3, 0.4) is 0 Å². The Morgan fingerprint density at radius 2 is 2.05 bits per heavy atom. The van der Waals surface area contributed by atoms with Crippen molar-refractivity contribution in [1.82, 2.24) is 4.90 Å². The van der Waals surface area contributed by atoms with Crippen LogP contribution in [0.2, 0.25) is 0 Å². The van der Waals surface area contributed by atoms with Gasteiger partial charge in [-0.3, -0.25) is 4.90 Å². The quantitative estimate of drug-likeness (QED) is 0.806. The molecule has 0 fully saturated rings. The summed E-state index contributed by atoms with van der Waals surface area (Å²) in [4.78, 5) is 2.32. The zero-order valence-electron chi connectivity index (χ0n) is 13.3. The molecule has 4 heteroatoms. The van der Waals surface area contributed by atoms with E-state index < -0.39 is 0 Å². The first-order valence-electron chi connectivity index (χ1n) is 7.15. The molecular formula is C16H28N2O2. The van der Waals surface area contributed by atoms with Gasteiger partial charge in [0.25, 0.3) is 0 Å². The number of hydrogen-bond donors (Lipinski definition) is 2. The van der Waals surface area contributed by atoms with E-state index in [1.165, 1.54) is 0 Å². The van der Waals surface area contributed by atoms with Gasteiger partial charge in [-0.2, -0.15) is 0 Å². The second-order valence-corrected chi connectivity index (χ2v) is 6.03. The van der Waals surface area contributed by atoms with E-state index in [2.05, 4.69) is 32.6 Å². The maximum absolute atomic E-state index is 10.1. The number of hydrogen-bond acceptors (Lipinski definition) is 4. The predicted molar refractivity (Wildman–Crippen MR) is 83.2 cm³/mol. The number of ether oxygens (including phenoxy) is 1. The number of aromatic hydroxyl groups is 1. The highest BCUT2D eigenvalue weighted by Gasteiger charge is 2.25. The number of rotatable bonds is 7. The van der Waals surface area contributed by atoms with Gasteiger partial charge >= 0.3 is 0 Å². The standard InChI is InChI=1S/C16H28N2O2/c1-6-18(11-16(3,4)10-17)12(2)14-9-13(20-5)7-8-15(14)19/h7-9,12,19H,6,10-11,17H2,1-5H3. The zero-order valence-corrected chi connectivity index (χ0v) is 13.3. The molecule has 0 aliphatic carbocycles. The van der Waals surface area contributed by atoms with Crippen LogP contribution in [-0.4, -0.2) is 36.8 Å². The lowest BCUT2D eigenvalue weighted by Gasteiger charge is -2.35. The van der Waals surface area contributed by atoms with Crippen LogP contribution in [-0.2, 0) is 0 Å². The SMILES string of the molecule is CCN(CC(C)(C)CN)C(C)c1cc(OC)ccc1O. The minimum absolute atomic E-state index is 0.0543. The van der Waals surface area contributed by atoms with E-state index in [-0.39, 0.29) is 11.5 Å². The minimum Gasteiger partial charge on any atom is -0.508 e. The maximum Gasteiger partial charge on any atom is 0.120 e. The van der Waals surface area contributed by atoms with Crippen LogP contribution in [0.15, 0.2) is 18.2 Å². The number of methoxy groups -OCH3 is 1. The molecule has 1 unspecified atom stereocenters. The van der Waals surface area contributed by atoms with Crippen LogP contribution in [0.5, 0.6) is 11.5 Å². The molecule has 0 saturated carbocycles. The van der Waals surface area contributed by atoms with Gasteiger partial charge in [0.15, 0.2) is 0 Å². The summed E-state index contributed by atoms with van der Waals surface area (Å²) in [5.74, 6) is 1.07. The first-order valence-corrected chi connectivity index (χ1v) is 7.15. The summed E-state index contributed by atoms with van der Waals surface area (Å²) in [5.41, 5.74) is 6.77. The van der Waals surface area contributed by atoms with Crippen molar-refractivity contribution in [3.63, 3.8) is 0 Å². The van der Waals surface area contributed by atoms with Gasteiger partial charge in [0.05, 0.1) is 7.11 Å². The molecule has 0 bridgehead atoms. The van der Waals surface area contributed by atoms with E-state index in [4.69, 9.17) is 10.5 Å². The Labute approximate surface area is 122 Å². The Kier molecular flexibility index (Phi) is 5.84. The molecule has 0 spiro atoms. The zero-order chi connectivity index (χ0) is 15.3. The molecule has 0 amide bonds. The summed E-state index contributed by atoms with van der Waals surface area (Å²) in [7, 11) is 1.63. The molecule has 0 saturated heterocycles. The van der Waals surface area contributed by atoms with Crippen molar-refractivity contribution in [3.8, 4) is 11.5 Å². The summed E-state index contributed by atoms with van der Waals surface area (Å²) < 4.78 is 5.25. The van der Waals surface area contributed by atoms with E-state index in [1.807, 2.05) is 6.07 Å². The largest absolute Gasteiger partial charge is 0.508 e. The summed E-state index contributed by atoms with van der Waals surface area (Å²) in [6, 6.07) is 5.47. The third-order valence-corrected chi connectivity index (χ3v) is 3.82. The Balaban J connectivity index is 2.98. The number of phenolic OH excluding ortho intramolecular Hbond substituents is 1. The van der Waals surface area contributed by atoms with Crippen molar-refractivity contribution in [2.24, 2.45) is 11.1 Å². The molecule has 1 rings (SSSR count). The molecule has 20 heavy (non-hydrogen) atoms. The first kappa shape index (κ1) is 16.8. The van der Waals surface area contributed by atoms with Crippen molar-refractivity contribution in [2.45, 2.75) is 33.7 Å². The van der Waals surface area contributed by atoms with Crippen LogP contribution in [0.1, 0.15) is 39.3 Å². The summed E-state index contributed by atoms with van der Waals surface area (Å²) in [6.45, 7) is 11.0. The van der Waals surface area contributed by atoms with E-state index in [0.29, 0.717) is 12.3 Å². The number of nitrogens with two attached hydrogens (primary N) is 1. The van der Waals surface area contributed by atoms with Gasteiger partial charge < -0.3 is 15.6 Å². The van der Waals surface area contributed by atoms with Crippen LogP contribution >= 0.6 is 0 Å². The third-order valence-electron chi connectivity index (χ3n) is 3.82. The molecule has 0 aromatic heterocycles. The second-order valence-electron chi connectivity index (χ2n) is 6.03. The fourth-order valence-electron chi connectivity index (χ4n) is 2.33. The molecule has 4 nitrogen and oxygen atoms in total. The molecule has 0 radical (unpaired) electrons.